The lowest BCUT2D eigenvalue weighted by atomic mass is 10.3. The van der Waals surface area contributed by atoms with Crippen LogP contribution in [-0.2, 0) is 0 Å². The van der Waals surface area contributed by atoms with Gasteiger partial charge in [-0.05, 0) is 19.9 Å². The lowest BCUT2D eigenvalue weighted by Crippen LogP contribution is -2.14. The molecule has 0 radical (unpaired) electrons. The van der Waals surface area contributed by atoms with E-state index in [2.05, 4.69) is 9.97 Å². The van der Waals surface area contributed by atoms with Gasteiger partial charge >= 0.3 is 6.01 Å². The van der Waals surface area contributed by atoms with Gasteiger partial charge in [0.15, 0.2) is 0 Å². The molecule has 0 atom stereocenters. The SMILES string of the molecule is CCOc1nc(C)cc(C(N)=O)n1. The van der Waals surface area contributed by atoms with Gasteiger partial charge < -0.3 is 10.5 Å². The Morgan fingerprint density at radius 3 is 2.85 bits per heavy atom. The molecule has 1 heterocycles. The van der Waals surface area contributed by atoms with Crippen LogP contribution in [-0.4, -0.2) is 22.5 Å². The Balaban J connectivity index is 3.03. The maximum absolute atomic E-state index is 10.8. The fraction of sp³-hybridized carbons (Fsp3) is 0.375. The van der Waals surface area contributed by atoms with Crippen molar-refractivity contribution in [2.24, 2.45) is 5.73 Å². The third kappa shape index (κ3) is 2.40. The quantitative estimate of drug-likeness (QED) is 0.726. The lowest BCUT2D eigenvalue weighted by Gasteiger charge is -2.02. The van der Waals surface area contributed by atoms with Crippen molar-refractivity contribution in [3.63, 3.8) is 0 Å². The number of hydrogen-bond donors (Lipinski definition) is 1. The number of aryl methyl sites for hydroxylation is 1. The number of ether oxygens (including phenoxy) is 1. The summed E-state index contributed by atoms with van der Waals surface area (Å²) < 4.78 is 5.05. The molecule has 2 N–H and O–H groups in total. The van der Waals surface area contributed by atoms with Crippen LogP contribution < -0.4 is 10.5 Å². The second-order valence-electron chi connectivity index (χ2n) is 2.47. The minimum Gasteiger partial charge on any atom is -0.464 e. The average Bonchev–Trinajstić information content (AvgIpc) is 2.03. The molecule has 5 heteroatoms. The molecule has 0 bridgehead atoms. The van der Waals surface area contributed by atoms with Crippen molar-refractivity contribution in [1.82, 2.24) is 9.97 Å². The molecule has 1 aromatic rings. The van der Waals surface area contributed by atoms with Crippen LogP contribution in [0, 0.1) is 6.92 Å². The van der Waals surface area contributed by atoms with Crippen LogP contribution in [0.3, 0.4) is 0 Å². The zero-order valence-electron chi connectivity index (χ0n) is 7.57. The Morgan fingerprint density at radius 1 is 1.62 bits per heavy atom. The summed E-state index contributed by atoms with van der Waals surface area (Å²) in [7, 11) is 0. The predicted octanol–water partition coefficient (Wildman–Crippen LogP) is 0.283. The molecule has 0 unspecified atom stereocenters. The molecule has 70 valence electrons. The van der Waals surface area contributed by atoms with Gasteiger partial charge in [-0.2, -0.15) is 4.98 Å². The van der Waals surface area contributed by atoms with Gasteiger partial charge in [0, 0.05) is 5.69 Å². The van der Waals surface area contributed by atoms with Crippen LogP contribution in [0.5, 0.6) is 6.01 Å². The first kappa shape index (κ1) is 9.44. The number of aromatic nitrogens is 2. The number of carbonyl (C=O) groups excluding carboxylic acids is 1. The highest BCUT2D eigenvalue weighted by atomic mass is 16.5. The van der Waals surface area contributed by atoms with Crippen molar-refractivity contribution in [2.45, 2.75) is 13.8 Å². The van der Waals surface area contributed by atoms with Crippen LogP contribution in [0.2, 0.25) is 0 Å². The first-order chi connectivity index (χ1) is 6.13. The number of nitrogens with zero attached hydrogens (tertiary/aromatic N) is 2. The molecule has 13 heavy (non-hydrogen) atoms. The number of carbonyl (C=O) groups is 1. The molecule has 0 aliphatic carbocycles. The summed E-state index contributed by atoms with van der Waals surface area (Å²) >= 11 is 0. The van der Waals surface area contributed by atoms with Crippen LogP contribution >= 0.6 is 0 Å². The van der Waals surface area contributed by atoms with Crippen LogP contribution in [0.4, 0.5) is 0 Å². The molecule has 0 aromatic carbocycles. The number of amides is 1. The van der Waals surface area contributed by atoms with E-state index in [0.717, 1.165) is 0 Å². The summed E-state index contributed by atoms with van der Waals surface area (Å²) in [5.41, 5.74) is 5.90. The lowest BCUT2D eigenvalue weighted by molar-refractivity contribution is 0.0994. The fourth-order valence-electron chi connectivity index (χ4n) is 0.861. The first-order valence-corrected chi connectivity index (χ1v) is 3.91. The molecular weight excluding hydrogens is 170 g/mol. The molecule has 0 saturated carbocycles. The summed E-state index contributed by atoms with van der Waals surface area (Å²) in [4.78, 5) is 18.6. The van der Waals surface area contributed by atoms with E-state index in [1.54, 1.807) is 6.92 Å². The molecule has 0 aliphatic heterocycles. The van der Waals surface area contributed by atoms with Crippen LogP contribution in [0.1, 0.15) is 23.1 Å². The Hall–Kier alpha value is -1.65. The monoisotopic (exact) mass is 181 g/mol. The van der Waals surface area contributed by atoms with Crippen molar-refractivity contribution in [3.8, 4) is 6.01 Å². The molecule has 5 nitrogen and oxygen atoms in total. The molecule has 1 amide bonds. The summed E-state index contributed by atoms with van der Waals surface area (Å²) in [6.45, 7) is 4.02. The van der Waals surface area contributed by atoms with Gasteiger partial charge in [-0.25, -0.2) is 4.98 Å². The van der Waals surface area contributed by atoms with Gasteiger partial charge in [0.25, 0.3) is 5.91 Å². The topological polar surface area (TPSA) is 78.1 Å². The number of primary amides is 1. The van der Waals surface area contributed by atoms with E-state index < -0.39 is 5.91 Å². The van der Waals surface area contributed by atoms with E-state index in [9.17, 15) is 4.79 Å². The third-order valence-corrected chi connectivity index (χ3v) is 1.36. The number of rotatable bonds is 3. The van der Waals surface area contributed by atoms with Crippen molar-refractivity contribution in [1.29, 1.82) is 0 Å². The second kappa shape index (κ2) is 3.84. The van der Waals surface area contributed by atoms with Crippen LogP contribution in [0.15, 0.2) is 6.07 Å². The van der Waals surface area contributed by atoms with Crippen molar-refractivity contribution in [3.05, 3.63) is 17.5 Å². The Bertz CT molecular complexity index is 325. The van der Waals surface area contributed by atoms with Gasteiger partial charge in [-0.1, -0.05) is 0 Å². The highest BCUT2D eigenvalue weighted by Crippen LogP contribution is 2.06. The van der Waals surface area contributed by atoms with E-state index in [4.69, 9.17) is 10.5 Å². The van der Waals surface area contributed by atoms with Crippen molar-refractivity contribution >= 4 is 5.91 Å². The van der Waals surface area contributed by atoms with Gasteiger partial charge in [0.1, 0.15) is 5.69 Å². The van der Waals surface area contributed by atoms with Gasteiger partial charge in [0.05, 0.1) is 6.61 Å². The van der Waals surface area contributed by atoms with E-state index in [-0.39, 0.29) is 11.7 Å². The van der Waals surface area contributed by atoms with E-state index in [1.807, 2.05) is 6.92 Å². The zero-order chi connectivity index (χ0) is 9.84. The molecule has 0 aliphatic rings. The summed E-state index contributed by atoms with van der Waals surface area (Å²) in [5.74, 6) is -0.577. The smallest absolute Gasteiger partial charge is 0.317 e. The number of hydrogen-bond acceptors (Lipinski definition) is 4. The van der Waals surface area contributed by atoms with Crippen LogP contribution in [0.25, 0.3) is 0 Å². The largest absolute Gasteiger partial charge is 0.464 e. The normalized spacial score (nSPS) is 9.69. The zero-order valence-corrected chi connectivity index (χ0v) is 7.57. The number of nitrogens with two attached hydrogens (primary N) is 1. The van der Waals surface area contributed by atoms with Crippen molar-refractivity contribution in [2.75, 3.05) is 6.61 Å². The van der Waals surface area contributed by atoms with E-state index >= 15 is 0 Å². The van der Waals surface area contributed by atoms with Gasteiger partial charge in [0.2, 0.25) is 0 Å². The minimum absolute atomic E-state index is 0.177. The minimum atomic E-state index is -0.577. The predicted molar refractivity (Wildman–Crippen MR) is 46.5 cm³/mol. The summed E-state index contributed by atoms with van der Waals surface area (Å²) in [5, 5.41) is 0. The molecular formula is C8H11N3O2. The average molecular weight is 181 g/mol. The first-order valence-electron chi connectivity index (χ1n) is 3.91. The highest BCUT2D eigenvalue weighted by Gasteiger charge is 2.06. The Kier molecular flexibility index (Phi) is 2.79. The second-order valence-corrected chi connectivity index (χ2v) is 2.47. The molecule has 1 aromatic heterocycles. The summed E-state index contributed by atoms with van der Waals surface area (Å²) in [6.07, 6.45) is 0. The maximum atomic E-state index is 10.8. The molecule has 1 rings (SSSR count). The summed E-state index contributed by atoms with van der Waals surface area (Å²) in [6, 6.07) is 1.71. The van der Waals surface area contributed by atoms with Crippen molar-refractivity contribution < 1.29 is 9.53 Å². The Labute approximate surface area is 75.9 Å². The van der Waals surface area contributed by atoms with Gasteiger partial charge in [-0.15, -0.1) is 0 Å². The van der Waals surface area contributed by atoms with E-state index in [0.29, 0.717) is 12.3 Å². The standard InChI is InChI=1S/C8H11N3O2/c1-3-13-8-10-5(2)4-6(11-8)7(9)12/h4H,3H2,1-2H3,(H2,9,12). The fourth-order valence-corrected chi connectivity index (χ4v) is 0.861. The Morgan fingerprint density at radius 2 is 2.31 bits per heavy atom. The van der Waals surface area contributed by atoms with E-state index in [1.165, 1.54) is 6.07 Å². The third-order valence-electron chi connectivity index (χ3n) is 1.36. The maximum Gasteiger partial charge on any atom is 0.317 e. The highest BCUT2D eigenvalue weighted by molar-refractivity contribution is 5.90. The molecule has 0 saturated heterocycles. The molecule has 0 fully saturated rings. The van der Waals surface area contributed by atoms with Gasteiger partial charge in [-0.3, -0.25) is 4.79 Å². The molecule has 0 spiro atoms.